The maximum absolute atomic E-state index is 12.4. The average Bonchev–Trinajstić information content (AvgIpc) is 2.66. The van der Waals surface area contributed by atoms with Gasteiger partial charge in [0.2, 0.25) is 5.91 Å². The Morgan fingerprint density at radius 2 is 1.81 bits per heavy atom. The van der Waals surface area contributed by atoms with Gasteiger partial charge in [-0.25, -0.2) is 0 Å². The Hall–Kier alpha value is -2.81. The minimum Gasteiger partial charge on any atom is -0.491 e. The predicted octanol–water partition coefficient (Wildman–Crippen LogP) is 4.83. The molecule has 3 heteroatoms. The lowest BCUT2D eigenvalue weighted by molar-refractivity contribution is -0.124. The van der Waals surface area contributed by atoms with Crippen LogP contribution in [-0.2, 0) is 11.2 Å². The molecule has 0 spiro atoms. The summed E-state index contributed by atoms with van der Waals surface area (Å²) < 4.78 is 5.78. The van der Waals surface area contributed by atoms with E-state index in [1.807, 2.05) is 38.1 Å². The Bertz CT molecular complexity index is 927. The normalized spacial score (nSPS) is 12.0. The van der Waals surface area contributed by atoms with Crippen LogP contribution in [0.25, 0.3) is 10.8 Å². The van der Waals surface area contributed by atoms with Gasteiger partial charge in [0, 0.05) is 5.92 Å². The molecule has 1 N–H and O–H groups in total. The fourth-order valence-corrected chi connectivity index (χ4v) is 3.36. The number of ether oxygens (including phenoxy) is 1. The zero-order valence-corrected chi connectivity index (χ0v) is 16.3. The maximum atomic E-state index is 12.4. The topological polar surface area (TPSA) is 38.3 Å². The Labute approximate surface area is 161 Å². The molecule has 0 heterocycles. The van der Waals surface area contributed by atoms with Crippen LogP contribution >= 0.6 is 0 Å². The number of rotatable bonds is 7. The molecule has 0 radical (unpaired) electrons. The third-order valence-corrected chi connectivity index (χ3v) is 4.84. The van der Waals surface area contributed by atoms with Crippen molar-refractivity contribution >= 4 is 16.7 Å². The smallest absolute Gasteiger partial charge is 0.223 e. The monoisotopic (exact) mass is 361 g/mol. The molecule has 1 amide bonds. The van der Waals surface area contributed by atoms with E-state index >= 15 is 0 Å². The molecule has 3 aromatic rings. The standard InChI is InChI=1S/C24H27NO2/c1-17-11-12-23(18(2)15-17)27-14-13-25-24(26)19(3)16-21-9-6-8-20-7-4-5-10-22(20)21/h4-12,15,19H,13-14,16H2,1-3H3,(H,25,26)/t19-/m0/s1. The van der Waals surface area contributed by atoms with Gasteiger partial charge in [-0.2, -0.15) is 0 Å². The molecular weight excluding hydrogens is 334 g/mol. The van der Waals surface area contributed by atoms with Crippen molar-refractivity contribution in [3.63, 3.8) is 0 Å². The van der Waals surface area contributed by atoms with Crippen molar-refractivity contribution in [1.82, 2.24) is 5.32 Å². The summed E-state index contributed by atoms with van der Waals surface area (Å²) in [5.74, 6) is 0.850. The van der Waals surface area contributed by atoms with Gasteiger partial charge < -0.3 is 10.1 Å². The van der Waals surface area contributed by atoms with Crippen LogP contribution in [0, 0.1) is 19.8 Å². The van der Waals surface area contributed by atoms with Crippen LogP contribution in [0.3, 0.4) is 0 Å². The van der Waals surface area contributed by atoms with E-state index in [-0.39, 0.29) is 11.8 Å². The van der Waals surface area contributed by atoms with Gasteiger partial charge in [0.05, 0.1) is 6.54 Å². The van der Waals surface area contributed by atoms with Gasteiger partial charge >= 0.3 is 0 Å². The minimum absolute atomic E-state index is 0.0622. The second-order valence-electron chi connectivity index (χ2n) is 7.15. The molecule has 0 unspecified atom stereocenters. The fourth-order valence-electron chi connectivity index (χ4n) is 3.36. The molecule has 0 aliphatic heterocycles. The number of carbonyl (C=O) groups excluding carboxylic acids is 1. The molecule has 0 bridgehead atoms. The molecule has 3 aromatic carbocycles. The van der Waals surface area contributed by atoms with Gasteiger partial charge in [0.1, 0.15) is 12.4 Å². The number of nitrogens with one attached hydrogen (secondary N) is 1. The third kappa shape index (κ3) is 4.88. The van der Waals surface area contributed by atoms with Gasteiger partial charge in [-0.05, 0) is 48.2 Å². The van der Waals surface area contributed by atoms with Crippen LogP contribution in [-0.4, -0.2) is 19.1 Å². The van der Waals surface area contributed by atoms with E-state index in [4.69, 9.17) is 4.74 Å². The molecule has 3 nitrogen and oxygen atoms in total. The highest BCUT2D eigenvalue weighted by Gasteiger charge is 2.14. The van der Waals surface area contributed by atoms with Gasteiger partial charge in [-0.3, -0.25) is 4.79 Å². The van der Waals surface area contributed by atoms with E-state index < -0.39 is 0 Å². The molecule has 27 heavy (non-hydrogen) atoms. The first kappa shape index (κ1) is 19.0. The molecule has 0 fully saturated rings. The van der Waals surface area contributed by atoms with Crippen molar-refractivity contribution < 1.29 is 9.53 Å². The molecule has 140 valence electrons. The van der Waals surface area contributed by atoms with Crippen molar-refractivity contribution in [2.24, 2.45) is 5.92 Å². The van der Waals surface area contributed by atoms with Crippen molar-refractivity contribution in [3.05, 3.63) is 77.4 Å². The largest absolute Gasteiger partial charge is 0.491 e. The molecule has 0 aliphatic carbocycles. The highest BCUT2D eigenvalue weighted by atomic mass is 16.5. The minimum atomic E-state index is -0.0862. The average molecular weight is 361 g/mol. The molecule has 0 saturated carbocycles. The highest BCUT2D eigenvalue weighted by molar-refractivity contribution is 5.86. The van der Waals surface area contributed by atoms with E-state index in [0.29, 0.717) is 13.2 Å². The SMILES string of the molecule is Cc1ccc(OCCNC(=O)[C@@H](C)Cc2cccc3ccccc23)c(C)c1. The molecule has 0 saturated heterocycles. The lowest BCUT2D eigenvalue weighted by atomic mass is 9.95. The van der Waals surface area contributed by atoms with Crippen molar-refractivity contribution in [1.29, 1.82) is 0 Å². The van der Waals surface area contributed by atoms with Gasteiger partial charge in [0.25, 0.3) is 0 Å². The van der Waals surface area contributed by atoms with Crippen molar-refractivity contribution in [3.8, 4) is 5.75 Å². The number of hydrogen-bond donors (Lipinski definition) is 1. The van der Waals surface area contributed by atoms with E-state index in [1.54, 1.807) is 0 Å². The molecule has 3 rings (SSSR count). The summed E-state index contributed by atoms with van der Waals surface area (Å²) >= 11 is 0. The summed E-state index contributed by atoms with van der Waals surface area (Å²) in [4.78, 5) is 12.4. The first-order chi connectivity index (χ1) is 13.0. The predicted molar refractivity (Wildman–Crippen MR) is 111 cm³/mol. The Balaban J connectivity index is 1.50. The van der Waals surface area contributed by atoms with E-state index in [1.165, 1.54) is 21.9 Å². The highest BCUT2D eigenvalue weighted by Crippen LogP contribution is 2.21. The second kappa shape index (κ2) is 8.72. The first-order valence-electron chi connectivity index (χ1n) is 9.49. The fraction of sp³-hybridized carbons (Fsp3) is 0.292. The first-order valence-corrected chi connectivity index (χ1v) is 9.49. The second-order valence-corrected chi connectivity index (χ2v) is 7.15. The third-order valence-electron chi connectivity index (χ3n) is 4.84. The summed E-state index contributed by atoms with van der Waals surface area (Å²) in [6.45, 7) is 7.05. The number of carbonyl (C=O) groups is 1. The number of hydrogen-bond acceptors (Lipinski definition) is 2. The van der Waals surface area contributed by atoms with E-state index in [2.05, 4.69) is 48.6 Å². The van der Waals surface area contributed by atoms with Crippen LogP contribution in [0.2, 0.25) is 0 Å². The van der Waals surface area contributed by atoms with Crippen molar-refractivity contribution in [2.45, 2.75) is 27.2 Å². The number of fused-ring (bicyclic) bond motifs is 1. The molecular formula is C24H27NO2. The quantitative estimate of drug-likeness (QED) is 0.612. The Kier molecular flexibility index (Phi) is 6.12. The lowest BCUT2D eigenvalue weighted by Gasteiger charge is -2.15. The Morgan fingerprint density at radius 1 is 1.04 bits per heavy atom. The van der Waals surface area contributed by atoms with Gasteiger partial charge in [-0.15, -0.1) is 0 Å². The molecule has 1 atom stereocenters. The van der Waals surface area contributed by atoms with E-state index in [9.17, 15) is 4.79 Å². The maximum Gasteiger partial charge on any atom is 0.223 e. The summed E-state index contributed by atoms with van der Waals surface area (Å²) in [5.41, 5.74) is 3.54. The van der Waals surface area contributed by atoms with Gasteiger partial charge in [0.15, 0.2) is 0 Å². The summed E-state index contributed by atoms with van der Waals surface area (Å²) in [5, 5.41) is 5.42. The molecule has 0 aromatic heterocycles. The summed E-state index contributed by atoms with van der Waals surface area (Å²) in [7, 11) is 0. The Morgan fingerprint density at radius 3 is 2.63 bits per heavy atom. The van der Waals surface area contributed by atoms with Crippen LogP contribution in [0.4, 0.5) is 0 Å². The zero-order chi connectivity index (χ0) is 19.2. The van der Waals surface area contributed by atoms with E-state index in [0.717, 1.165) is 17.7 Å². The summed E-state index contributed by atoms with van der Waals surface area (Å²) in [6, 6.07) is 20.7. The number of aryl methyl sites for hydroxylation is 2. The molecule has 0 aliphatic rings. The number of benzene rings is 3. The van der Waals surface area contributed by atoms with Gasteiger partial charge in [-0.1, -0.05) is 67.1 Å². The number of amides is 1. The van der Waals surface area contributed by atoms with Crippen LogP contribution in [0.5, 0.6) is 5.75 Å². The van der Waals surface area contributed by atoms with Crippen molar-refractivity contribution in [2.75, 3.05) is 13.2 Å². The summed E-state index contributed by atoms with van der Waals surface area (Å²) in [6.07, 6.45) is 0.727. The van der Waals surface area contributed by atoms with Crippen LogP contribution in [0.1, 0.15) is 23.6 Å². The van der Waals surface area contributed by atoms with Crippen LogP contribution in [0.15, 0.2) is 60.7 Å². The van der Waals surface area contributed by atoms with Crippen LogP contribution < -0.4 is 10.1 Å². The zero-order valence-electron chi connectivity index (χ0n) is 16.3. The lowest BCUT2D eigenvalue weighted by Crippen LogP contribution is -2.33.